The van der Waals surface area contributed by atoms with Gasteiger partial charge in [0.05, 0.1) is 11.3 Å². The molecule has 0 unspecified atom stereocenters. The number of amides is 2. The number of anilines is 2. The molecule has 0 saturated carbocycles. The maximum atomic E-state index is 13.7. The number of likely N-dealkylation sites (tertiary alicyclic amines) is 1. The second-order valence-electron chi connectivity index (χ2n) is 10.3. The van der Waals surface area contributed by atoms with E-state index in [-0.39, 0.29) is 24.4 Å². The molecule has 8 heteroatoms. The molecule has 2 aromatic rings. The molecule has 0 aliphatic carbocycles. The fourth-order valence-corrected chi connectivity index (χ4v) is 5.65. The number of aromatic nitrogens is 1. The summed E-state index contributed by atoms with van der Waals surface area (Å²) in [6.45, 7) is 10.2. The Hall–Kier alpha value is -4.56. The average molecular weight is 537 g/mol. The Morgan fingerprint density at radius 1 is 1.12 bits per heavy atom. The molecule has 2 fully saturated rings. The van der Waals surface area contributed by atoms with Gasteiger partial charge in [0, 0.05) is 55.7 Å². The first-order valence-electron chi connectivity index (χ1n) is 13.6. The first kappa shape index (κ1) is 28.4. The fourth-order valence-electron chi connectivity index (χ4n) is 5.65. The molecule has 4 rings (SSSR count). The highest BCUT2D eigenvalue weighted by atomic mass is 16.2. The third-order valence-corrected chi connectivity index (χ3v) is 7.71. The minimum absolute atomic E-state index is 0.0216. The molecular weight excluding hydrogens is 500 g/mol. The molecule has 2 saturated heterocycles. The summed E-state index contributed by atoms with van der Waals surface area (Å²) in [5.74, 6) is 2.92. The molecule has 1 aromatic heterocycles. The van der Waals surface area contributed by atoms with Crippen molar-refractivity contribution >= 4 is 23.3 Å². The molecule has 40 heavy (non-hydrogen) atoms. The number of benzene rings is 1. The number of piperazine rings is 1. The second-order valence-corrected chi connectivity index (χ2v) is 10.3. The molecule has 0 bridgehead atoms. The number of terminal acetylenes is 1. The molecular formula is C32H36N6O2. The van der Waals surface area contributed by atoms with Crippen LogP contribution in [0.25, 0.3) is 0 Å². The van der Waals surface area contributed by atoms with E-state index >= 15 is 0 Å². The first-order valence-corrected chi connectivity index (χ1v) is 13.6. The largest absolute Gasteiger partial charge is 0.382 e. The summed E-state index contributed by atoms with van der Waals surface area (Å²) in [4.78, 5) is 36.4. The molecule has 2 aliphatic rings. The van der Waals surface area contributed by atoms with E-state index in [1.165, 1.54) is 0 Å². The van der Waals surface area contributed by atoms with Crippen LogP contribution in [0.2, 0.25) is 0 Å². The quantitative estimate of drug-likeness (QED) is 0.335. The number of piperidine rings is 1. The first-order chi connectivity index (χ1) is 19.3. The normalized spacial score (nSPS) is 16.9. The number of pyridine rings is 1. The van der Waals surface area contributed by atoms with Gasteiger partial charge in [0.15, 0.2) is 0 Å². The lowest BCUT2D eigenvalue weighted by atomic mass is 9.94. The zero-order valence-electron chi connectivity index (χ0n) is 23.7. The highest BCUT2D eigenvalue weighted by Gasteiger charge is 2.31. The third-order valence-electron chi connectivity index (χ3n) is 7.71. The molecule has 0 spiro atoms. The smallest absolute Gasteiger partial charge is 0.255 e. The zero-order valence-corrected chi connectivity index (χ0v) is 23.7. The molecule has 2 amide bonds. The average Bonchev–Trinajstić information content (AvgIpc) is 2.96. The van der Waals surface area contributed by atoms with Crippen LogP contribution in [0.15, 0.2) is 53.9 Å². The van der Waals surface area contributed by atoms with Crippen molar-refractivity contribution in [3.05, 3.63) is 76.1 Å². The number of carbonyl (C=O) groups is 2. The van der Waals surface area contributed by atoms with Gasteiger partial charge in [-0.15, -0.1) is 6.42 Å². The van der Waals surface area contributed by atoms with E-state index in [1.54, 1.807) is 34.2 Å². The van der Waals surface area contributed by atoms with Gasteiger partial charge >= 0.3 is 0 Å². The van der Waals surface area contributed by atoms with Crippen LogP contribution in [0.4, 0.5) is 11.5 Å². The Bertz CT molecular complexity index is 1420. The lowest BCUT2D eigenvalue weighted by molar-refractivity contribution is -0.120. The maximum absolute atomic E-state index is 13.7. The number of rotatable bonds is 6. The molecule has 206 valence electrons. The van der Waals surface area contributed by atoms with Crippen molar-refractivity contribution in [1.82, 2.24) is 14.8 Å². The Balaban J connectivity index is 1.47. The third kappa shape index (κ3) is 5.87. The number of carbonyl (C=O) groups excluding carboxylic acids is 2. The van der Waals surface area contributed by atoms with Crippen LogP contribution >= 0.6 is 0 Å². The number of aryl methyl sites for hydroxylation is 2. The lowest BCUT2D eigenvalue weighted by Crippen LogP contribution is -2.52. The van der Waals surface area contributed by atoms with Gasteiger partial charge in [-0.25, -0.2) is 4.98 Å². The van der Waals surface area contributed by atoms with Gasteiger partial charge in [-0.2, -0.15) is 5.26 Å². The van der Waals surface area contributed by atoms with Gasteiger partial charge in [-0.05, 0) is 69.4 Å². The summed E-state index contributed by atoms with van der Waals surface area (Å²) >= 11 is 0. The van der Waals surface area contributed by atoms with Crippen LogP contribution in [-0.4, -0.2) is 65.4 Å². The number of hydrogen-bond acceptors (Lipinski definition) is 6. The molecule has 3 heterocycles. The molecule has 0 radical (unpaired) electrons. The highest BCUT2D eigenvalue weighted by Crippen LogP contribution is 2.31. The van der Waals surface area contributed by atoms with Crippen LogP contribution in [0.1, 0.15) is 46.8 Å². The van der Waals surface area contributed by atoms with Crippen molar-refractivity contribution in [2.75, 3.05) is 42.9 Å². The van der Waals surface area contributed by atoms with Gasteiger partial charge in [0.25, 0.3) is 5.91 Å². The van der Waals surface area contributed by atoms with Crippen molar-refractivity contribution in [1.29, 1.82) is 5.26 Å². The summed E-state index contributed by atoms with van der Waals surface area (Å²) in [7, 11) is 0. The van der Waals surface area contributed by atoms with E-state index in [1.807, 2.05) is 39.0 Å². The maximum Gasteiger partial charge on any atom is 0.255 e. The fraction of sp³-hybridized carbons (Fsp3) is 0.375. The van der Waals surface area contributed by atoms with Gasteiger partial charge in [0.2, 0.25) is 5.91 Å². The van der Waals surface area contributed by atoms with E-state index in [9.17, 15) is 14.9 Å². The highest BCUT2D eigenvalue weighted by molar-refractivity contribution is 6.03. The van der Waals surface area contributed by atoms with Crippen molar-refractivity contribution in [2.24, 2.45) is 0 Å². The molecule has 1 aromatic carbocycles. The number of nitrogens with one attached hydrogen (secondary N) is 1. The predicted octanol–water partition coefficient (Wildman–Crippen LogP) is 4.36. The second kappa shape index (κ2) is 12.5. The summed E-state index contributed by atoms with van der Waals surface area (Å²) in [5.41, 5.74) is 5.87. The molecule has 2 aliphatic heterocycles. The minimum atomic E-state index is -0.137. The number of allylic oxidation sites excluding steroid dienone is 3. The van der Waals surface area contributed by atoms with Crippen LogP contribution in [0.3, 0.4) is 0 Å². The number of nitriles is 1. The van der Waals surface area contributed by atoms with Gasteiger partial charge < -0.3 is 15.1 Å². The Labute approximate surface area is 237 Å². The topological polar surface area (TPSA) is 92.6 Å². The zero-order chi connectivity index (χ0) is 28.8. The Morgan fingerprint density at radius 2 is 1.88 bits per heavy atom. The molecule has 8 nitrogen and oxygen atoms in total. The summed E-state index contributed by atoms with van der Waals surface area (Å²) < 4.78 is 0. The van der Waals surface area contributed by atoms with Crippen molar-refractivity contribution in [3.8, 4) is 18.4 Å². The van der Waals surface area contributed by atoms with Crippen LogP contribution < -0.4 is 10.2 Å². The Kier molecular flexibility index (Phi) is 8.91. The van der Waals surface area contributed by atoms with E-state index in [0.717, 1.165) is 54.0 Å². The standard InChI is InChI=1S/C32H36N6O2/c1-6-10-27(25(7-2)20-33)36-15-12-26(13-16-36)35-31-23(4)19-22(3)30(24(31)5)32(40)37-17-18-38(29(39)21-37)28-11-8-9-14-34-28/h1,7-11,14,19,26,35H,12-13,15-18,21H2,2-5H3/b25-7-,27-10+. The summed E-state index contributed by atoms with van der Waals surface area (Å²) in [6, 6.07) is 9.97. The van der Waals surface area contributed by atoms with Crippen LogP contribution in [-0.2, 0) is 4.79 Å². The van der Waals surface area contributed by atoms with Gasteiger partial charge in [0.1, 0.15) is 18.4 Å². The molecule has 1 N–H and O–H groups in total. The number of nitrogens with zero attached hydrogens (tertiary/aromatic N) is 5. The monoisotopic (exact) mass is 536 g/mol. The molecule has 0 atom stereocenters. The summed E-state index contributed by atoms with van der Waals surface area (Å²) in [5, 5.41) is 13.2. The lowest BCUT2D eigenvalue weighted by Gasteiger charge is -2.36. The predicted molar refractivity (Wildman–Crippen MR) is 158 cm³/mol. The Morgan fingerprint density at radius 3 is 2.48 bits per heavy atom. The van der Waals surface area contributed by atoms with Crippen LogP contribution in [0, 0.1) is 44.4 Å². The SMILES string of the molecule is C#C/C=C(\C(C#N)=C/C)N1CCC(Nc2c(C)cc(C)c(C(=O)N3CCN(c4ccccn4)C(=O)C3)c2C)CC1. The van der Waals surface area contributed by atoms with Crippen molar-refractivity contribution < 1.29 is 9.59 Å². The summed E-state index contributed by atoms with van der Waals surface area (Å²) in [6.07, 6.45) is 12.4. The number of hydrogen-bond donors (Lipinski definition) is 1. The van der Waals surface area contributed by atoms with E-state index in [4.69, 9.17) is 6.42 Å². The van der Waals surface area contributed by atoms with Crippen molar-refractivity contribution in [2.45, 2.75) is 46.6 Å². The minimum Gasteiger partial charge on any atom is -0.382 e. The van der Waals surface area contributed by atoms with Gasteiger partial charge in [-0.1, -0.05) is 24.1 Å². The van der Waals surface area contributed by atoms with Gasteiger partial charge in [-0.3, -0.25) is 14.5 Å². The van der Waals surface area contributed by atoms with Crippen LogP contribution in [0.5, 0.6) is 0 Å². The van der Waals surface area contributed by atoms with E-state index in [2.05, 4.69) is 34.1 Å². The van der Waals surface area contributed by atoms with E-state index < -0.39 is 0 Å². The van der Waals surface area contributed by atoms with E-state index in [0.29, 0.717) is 30.0 Å². The van der Waals surface area contributed by atoms with Crippen molar-refractivity contribution in [3.63, 3.8) is 0 Å².